The Kier molecular flexibility index (Phi) is 6.32. The van der Waals surface area contributed by atoms with Crippen LogP contribution in [0.15, 0.2) is 42.5 Å². The highest BCUT2D eigenvalue weighted by Gasteiger charge is 2.41. The van der Waals surface area contributed by atoms with Gasteiger partial charge in [0, 0.05) is 50.2 Å². The van der Waals surface area contributed by atoms with Crippen LogP contribution in [-0.4, -0.2) is 70.8 Å². The average molecular weight is 427 g/mol. The largest absolute Gasteiger partial charge is 0.497 e. The summed E-state index contributed by atoms with van der Waals surface area (Å²) in [5, 5.41) is 3.13. The van der Waals surface area contributed by atoms with Crippen molar-refractivity contribution in [2.75, 3.05) is 63.7 Å². The van der Waals surface area contributed by atoms with Crippen LogP contribution >= 0.6 is 0 Å². The molecule has 31 heavy (non-hydrogen) atoms. The zero-order valence-corrected chi connectivity index (χ0v) is 18.5. The Morgan fingerprint density at radius 3 is 2.68 bits per heavy atom. The van der Waals surface area contributed by atoms with Crippen molar-refractivity contribution in [3.63, 3.8) is 0 Å². The van der Waals surface area contributed by atoms with Crippen molar-refractivity contribution in [1.29, 1.82) is 0 Å². The number of nitrogens with zero attached hydrogens (tertiary/aromatic N) is 3. The number of anilines is 2. The van der Waals surface area contributed by atoms with Crippen molar-refractivity contribution in [2.24, 2.45) is 5.92 Å². The molecular formula is C24H31FN4O2. The molecule has 1 amide bonds. The second-order valence-electron chi connectivity index (χ2n) is 8.58. The maximum atomic E-state index is 13.4. The first-order chi connectivity index (χ1) is 15.0. The number of piperazine rings is 1. The number of methoxy groups -OCH3 is 1. The van der Waals surface area contributed by atoms with Gasteiger partial charge in [0.05, 0.1) is 19.1 Å². The summed E-state index contributed by atoms with van der Waals surface area (Å²) in [5.74, 6) is 0.539. The highest BCUT2D eigenvalue weighted by molar-refractivity contribution is 5.82. The molecule has 0 unspecified atom stereocenters. The topological polar surface area (TPSA) is 48.1 Å². The average Bonchev–Trinajstić information content (AvgIpc) is 2.78. The summed E-state index contributed by atoms with van der Waals surface area (Å²) in [7, 11) is 5.68. The van der Waals surface area contributed by atoms with E-state index in [0.717, 1.165) is 36.8 Å². The minimum Gasteiger partial charge on any atom is -0.497 e. The van der Waals surface area contributed by atoms with Gasteiger partial charge in [-0.25, -0.2) is 4.39 Å². The number of carbonyl (C=O) groups is 1. The van der Waals surface area contributed by atoms with Crippen LogP contribution in [0.4, 0.5) is 15.8 Å². The number of nitrogens with one attached hydrogen (secondary N) is 1. The van der Waals surface area contributed by atoms with Crippen LogP contribution in [0.5, 0.6) is 5.75 Å². The second kappa shape index (κ2) is 9.14. The van der Waals surface area contributed by atoms with E-state index in [-0.39, 0.29) is 23.7 Å². The van der Waals surface area contributed by atoms with Gasteiger partial charge in [0.25, 0.3) is 0 Å². The smallest absolute Gasteiger partial charge is 0.225 e. The molecule has 1 saturated heterocycles. The molecule has 1 fully saturated rings. The van der Waals surface area contributed by atoms with Crippen molar-refractivity contribution in [3.8, 4) is 5.75 Å². The van der Waals surface area contributed by atoms with Crippen LogP contribution in [-0.2, 0) is 11.2 Å². The van der Waals surface area contributed by atoms with Crippen molar-refractivity contribution in [1.82, 2.24) is 10.2 Å². The van der Waals surface area contributed by atoms with Gasteiger partial charge in [0.15, 0.2) is 0 Å². The van der Waals surface area contributed by atoms with Crippen molar-refractivity contribution >= 4 is 17.3 Å². The fourth-order valence-electron chi connectivity index (χ4n) is 4.62. The molecule has 6 nitrogen and oxygen atoms in total. The van der Waals surface area contributed by atoms with E-state index in [9.17, 15) is 9.18 Å². The zero-order chi connectivity index (χ0) is 22.0. The van der Waals surface area contributed by atoms with E-state index in [1.165, 1.54) is 17.7 Å². The fourth-order valence-corrected chi connectivity index (χ4v) is 4.62. The predicted molar refractivity (Wildman–Crippen MR) is 121 cm³/mol. The highest BCUT2D eigenvalue weighted by Crippen LogP contribution is 2.38. The van der Waals surface area contributed by atoms with Crippen LogP contribution in [0.1, 0.15) is 5.56 Å². The highest BCUT2D eigenvalue weighted by atomic mass is 19.1. The molecular weight excluding hydrogens is 395 g/mol. The van der Waals surface area contributed by atoms with Crippen molar-refractivity contribution in [3.05, 3.63) is 53.8 Å². The predicted octanol–water partition coefficient (Wildman–Crippen LogP) is 2.38. The molecule has 2 aliphatic rings. The lowest BCUT2D eigenvalue weighted by Crippen LogP contribution is -2.61. The third-order valence-electron chi connectivity index (χ3n) is 6.31. The molecule has 0 saturated carbocycles. The first-order valence-corrected chi connectivity index (χ1v) is 10.8. The number of likely N-dealkylation sites (N-methyl/N-ethyl adjacent to an activating group) is 1. The van der Waals surface area contributed by atoms with E-state index in [0.29, 0.717) is 19.5 Å². The minimum atomic E-state index is -0.237. The Bertz CT molecular complexity index is 918. The van der Waals surface area contributed by atoms with Crippen molar-refractivity contribution < 1.29 is 13.9 Å². The van der Waals surface area contributed by atoms with Crippen molar-refractivity contribution in [2.45, 2.75) is 12.5 Å². The molecule has 0 spiro atoms. The molecule has 0 bridgehead atoms. The van der Waals surface area contributed by atoms with Gasteiger partial charge in [0.2, 0.25) is 5.91 Å². The van der Waals surface area contributed by atoms with E-state index in [1.54, 1.807) is 7.11 Å². The van der Waals surface area contributed by atoms with Gasteiger partial charge in [-0.15, -0.1) is 0 Å². The summed E-state index contributed by atoms with van der Waals surface area (Å²) in [4.78, 5) is 19.9. The zero-order valence-electron chi connectivity index (χ0n) is 18.5. The normalized spacial score (nSPS) is 20.3. The number of amides is 1. The van der Waals surface area contributed by atoms with E-state index < -0.39 is 0 Å². The lowest BCUT2D eigenvalue weighted by molar-refractivity contribution is -0.125. The number of ether oxygens (including phenoxy) is 1. The summed E-state index contributed by atoms with van der Waals surface area (Å²) in [6.07, 6.45) is 0.700. The third kappa shape index (κ3) is 4.61. The second-order valence-corrected chi connectivity index (χ2v) is 8.58. The Morgan fingerprint density at radius 1 is 1.19 bits per heavy atom. The Morgan fingerprint density at radius 2 is 1.97 bits per heavy atom. The maximum absolute atomic E-state index is 13.4. The quantitative estimate of drug-likeness (QED) is 0.769. The maximum Gasteiger partial charge on any atom is 0.225 e. The first kappa shape index (κ1) is 21.4. The lowest BCUT2D eigenvalue weighted by Gasteiger charge is -2.49. The van der Waals surface area contributed by atoms with Gasteiger partial charge >= 0.3 is 0 Å². The fraction of sp³-hybridized carbons (Fsp3) is 0.458. The molecule has 0 radical (unpaired) electrons. The summed E-state index contributed by atoms with van der Waals surface area (Å²) in [6.45, 7) is 3.76. The molecule has 2 aliphatic heterocycles. The van der Waals surface area contributed by atoms with Gasteiger partial charge in [-0.2, -0.15) is 0 Å². The summed E-state index contributed by atoms with van der Waals surface area (Å²) >= 11 is 0. The molecule has 2 atom stereocenters. The molecule has 0 aromatic heterocycles. The molecule has 2 heterocycles. The van der Waals surface area contributed by atoms with Gasteiger partial charge in [-0.05, 0) is 56.4 Å². The van der Waals surface area contributed by atoms with Gasteiger partial charge < -0.3 is 24.8 Å². The molecule has 1 N–H and O–H groups in total. The minimum absolute atomic E-state index is 0.0396. The third-order valence-corrected chi connectivity index (χ3v) is 6.31. The molecule has 7 heteroatoms. The Labute approximate surface area is 183 Å². The van der Waals surface area contributed by atoms with Crippen LogP contribution in [0.25, 0.3) is 0 Å². The molecule has 0 aliphatic carbocycles. The lowest BCUT2D eigenvalue weighted by atomic mass is 9.83. The van der Waals surface area contributed by atoms with Gasteiger partial charge in [-0.1, -0.05) is 6.07 Å². The number of rotatable bonds is 6. The Hall–Kier alpha value is -2.80. The molecule has 166 valence electrons. The Balaban J connectivity index is 1.60. The number of halogens is 1. The summed E-state index contributed by atoms with van der Waals surface area (Å²) in [5.41, 5.74) is 3.32. The number of hydrogen-bond acceptors (Lipinski definition) is 5. The van der Waals surface area contributed by atoms with E-state index in [1.807, 2.05) is 32.3 Å². The SMILES string of the molecule is COc1ccc2c(c1)N1CCN(c3ccc(F)cc3)C[C@@H]1[C@H](C(=O)NCCN(C)C)C2. The number of fused-ring (bicyclic) bond motifs is 3. The van der Waals surface area contributed by atoms with Crippen LogP contribution in [0.2, 0.25) is 0 Å². The molecule has 2 aromatic rings. The number of benzene rings is 2. The monoisotopic (exact) mass is 426 g/mol. The summed E-state index contributed by atoms with van der Waals surface area (Å²) in [6, 6.07) is 12.8. The summed E-state index contributed by atoms with van der Waals surface area (Å²) < 4.78 is 18.9. The van der Waals surface area contributed by atoms with Gasteiger partial charge in [-0.3, -0.25) is 4.79 Å². The van der Waals surface area contributed by atoms with Gasteiger partial charge in [0.1, 0.15) is 11.6 Å². The molecule has 2 aromatic carbocycles. The van der Waals surface area contributed by atoms with E-state index >= 15 is 0 Å². The van der Waals surface area contributed by atoms with Crippen LogP contribution in [0, 0.1) is 11.7 Å². The van der Waals surface area contributed by atoms with Crippen LogP contribution in [0.3, 0.4) is 0 Å². The van der Waals surface area contributed by atoms with E-state index in [4.69, 9.17) is 4.74 Å². The van der Waals surface area contributed by atoms with E-state index in [2.05, 4.69) is 32.1 Å². The standard InChI is InChI=1S/C24H31FN4O2/c1-27(2)11-10-26-24(30)21-14-17-4-9-20(31-3)15-22(17)29-13-12-28(16-23(21)29)19-7-5-18(25)6-8-19/h4-9,15,21,23H,10-14,16H2,1-3H3,(H,26,30)/t21-,23-/m1/s1. The number of carbonyl (C=O) groups excluding carboxylic acids is 1. The number of hydrogen-bond donors (Lipinski definition) is 1. The first-order valence-electron chi connectivity index (χ1n) is 10.8. The molecule has 4 rings (SSSR count). The van der Waals surface area contributed by atoms with Crippen LogP contribution < -0.4 is 19.9 Å².